The summed E-state index contributed by atoms with van der Waals surface area (Å²) in [5.74, 6) is -0.107. The summed E-state index contributed by atoms with van der Waals surface area (Å²) in [5, 5.41) is 6.53. The van der Waals surface area contributed by atoms with Crippen LogP contribution in [0.2, 0.25) is 0 Å². The Bertz CT molecular complexity index is 749. The van der Waals surface area contributed by atoms with Crippen LogP contribution in [0.5, 0.6) is 0 Å². The van der Waals surface area contributed by atoms with Crippen molar-refractivity contribution >= 4 is 5.91 Å². The Morgan fingerprint density at radius 1 is 0.950 bits per heavy atom. The molecule has 0 aliphatic carbocycles. The predicted octanol–water partition coefficient (Wildman–Crippen LogP) is 2.24. The summed E-state index contributed by atoms with van der Waals surface area (Å²) in [6, 6.07) is 17.8. The molecule has 1 aromatic heterocycles. The van der Waals surface area contributed by atoms with E-state index in [1.54, 1.807) is 0 Å². The van der Waals surface area contributed by atoms with Crippen LogP contribution in [0, 0.1) is 0 Å². The lowest BCUT2D eigenvalue weighted by Gasteiger charge is -2.02. The highest BCUT2D eigenvalue weighted by Gasteiger charge is 2.10. The number of carbonyl (C=O) groups excluding carboxylic acids is 1. The molecule has 0 bridgehead atoms. The second-order valence-corrected chi connectivity index (χ2v) is 4.32. The second kappa shape index (κ2) is 4.97. The van der Waals surface area contributed by atoms with E-state index >= 15 is 0 Å². The molecule has 1 heterocycles. The third-order valence-corrected chi connectivity index (χ3v) is 2.95. The number of nitrogens with one attached hydrogen (secondary N) is 1. The highest BCUT2D eigenvalue weighted by atomic mass is 16.1. The summed E-state index contributed by atoms with van der Waals surface area (Å²) in [4.78, 5) is 15.1. The summed E-state index contributed by atoms with van der Waals surface area (Å²) in [5.41, 5.74) is 8.16. The second-order valence-electron chi connectivity index (χ2n) is 4.32. The van der Waals surface area contributed by atoms with Crippen molar-refractivity contribution in [1.82, 2.24) is 15.2 Å². The largest absolute Gasteiger partial charge is 0.363 e. The van der Waals surface area contributed by atoms with Crippen LogP contribution in [0.3, 0.4) is 0 Å². The van der Waals surface area contributed by atoms with Crippen molar-refractivity contribution < 1.29 is 4.79 Å². The number of primary amides is 1. The van der Waals surface area contributed by atoms with E-state index in [1.807, 2.05) is 54.6 Å². The molecule has 3 N–H and O–H groups in total. The van der Waals surface area contributed by atoms with Crippen molar-refractivity contribution in [2.75, 3.05) is 0 Å². The van der Waals surface area contributed by atoms with E-state index in [0.29, 0.717) is 5.82 Å². The standard InChI is InChI=1S/C15H12N4O/c16-13(20)15-17-14(18-19-15)12-8-4-7-11(9-12)10-5-2-1-3-6-10/h1-9H,(H2,16,20)(H,17,18,19). The normalized spacial score (nSPS) is 10.4. The number of nitrogens with zero attached hydrogens (tertiary/aromatic N) is 2. The molecule has 2 aromatic carbocycles. The maximum Gasteiger partial charge on any atom is 0.286 e. The molecule has 0 unspecified atom stereocenters. The van der Waals surface area contributed by atoms with Gasteiger partial charge in [-0.25, -0.2) is 4.98 Å². The molecule has 0 radical (unpaired) electrons. The van der Waals surface area contributed by atoms with Crippen LogP contribution >= 0.6 is 0 Å². The van der Waals surface area contributed by atoms with Crippen molar-refractivity contribution in [3.8, 4) is 22.5 Å². The molecule has 0 atom stereocenters. The number of rotatable bonds is 3. The SMILES string of the molecule is NC(=O)c1nc(-c2cccc(-c3ccccc3)c2)n[nH]1. The molecule has 0 spiro atoms. The van der Waals surface area contributed by atoms with E-state index in [-0.39, 0.29) is 5.82 Å². The van der Waals surface area contributed by atoms with Crippen LogP contribution in [0.1, 0.15) is 10.6 Å². The third kappa shape index (κ3) is 2.29. The highest BCUT2D eigenvalue weighted by Crippen LogP contribution is 2.24. The van der Waals surface area contributed by atoms with Crippen LogP contribution in [0.25, 0.3) is 22.5 Å². The van der Waals surface area contributed by atoms with Gasteiger partial charge < -0.3 is 5.73 Å². The van der Waals surface area contributed by atoms with Crippen molar-refractivity contribution in [3.05, 3.63) is 60.4 Å². The van der Waals surface area contributed by atoms with E-state index < -0.39 is 5.91 Å². The van der Waals surface area contributed by atoms with Gasteiger partial charge in [0.05, 0.1) is 0 Å². The number of aromatic amines is 1. The van der Waals surface area contributed by atoms with Gasteiger partial charge in [0.25, 0.3) is 5.91 Å². The fraction of sp³-hybridized carbons (Fsp3) is 0. The molecular weight excluding hydrogens is 252 g/mol. The lowest BCUT2D eigenvalue weighted by atomic mass is 10.0. The molecule has 3 aromatic rings. The average Bonchev–Trinajstić information content (AvgIpc) is 2.98. The molecule has 5 nitrogen and oxygen atoms in total. The van der Waals surface area contributed by atoms with Gasteiger partial charge in [0, 0.05) is 5.56 Å². The Hall–Kier alpha value is -2.95. The van der Waals surface area contributed by atoms with E-state index in [2.05, 4.69) is 15.2 Å². The first-order valence-corrected chi connectivity index (χ1v) is 6.12. The van der Waals surface area contributed by atoms with E-state index in [0.717, 1.165) is 16.7 Å². The van der Waals surface area contributed by atoms with Gasteiger partial charge in [-0.15, -0.1) is 0 Å². The molecule has 98 valence electrons. The summed E-state index contributed by atoms with van der Waals surface area (Å²) in [6.07, 6.45) is 0. The van der Waals surface area contributed by atoms with Gasteiger partial charge in [0.1, 0.15) is 0 Å². The highest BCUT2D eigenvalue weighted by molar-refractivity contribution is 5.89. The summed E-state index contributed by atoms with van der Waals surface area (Å²) in [6.45, 7) is 0. The number of benzene rings is 2. The summed E-state index contributed by atoms with van der Waals surface area (Å²) >= 11 is 0. The molecule has 0 aliphatic rings. The molecule has 20 heavy (non-hydrogen) atoms. The average molecular weight is 264 g/mol. The quantitative estimate of drug-likeness (QED) is 0.760. The van der Waals surface area contributed by atoms with Gasteiger partial charge in [0.15, 0.2) is 5.82 Å². The van der Waals surface area contributed by atoms with Crippen molar-refractivity contribution in [2.45, 2.75) is 0 Å². The Balaban J connectivity index is 2.01. The van der Waals surface area contributed by atoms with E-state index in [9.17, 15) is 4.79 Å². The lowest BCUT2D eigenvalue weighted by Crippen LogP contribution is -2.12. The zero-order valence-electron chi connectivity index (χ0n) is 10.6. The number of nitrogens with two attached hydrogens (primary N) is 1. The maximum atomic E-state index is 11.0. The molecule has 0 aliphatic heterocycles. The number of carbonyl (C=O) groups is 1. The molecule has 1 amide bonds. The van der Waals surface area contributed by atoms with Gasteiger partial charge in [-0.3, -0.25) is 9.89 Å². The monoisotopic (exact) mass is 264 g/mol. The molecule has 5 heteroatoms. The first kappa shape index (κ1) is 12.1. The minimum Gasteiger partial charge on any atom is -0.363 e. The minimum atomic E-state index is -0.622. The van der Waals surface area contributed by atoms with Crippen LogP contribution < -0.4 is 5.73 Å². The smallest absolute Gasteiger partial charge is 0.286 e. The van der Waals surface area contributed by atoms with Crippen LogP contribution in [0.4, 0.5) is 0 Å². The van der Waals surface area contributed by atoms with Crippen molar-refractivity contribution in [1.29, 1.82) is 0 Å². The van der Waals surface area contributed by atoms with Crippen LogP contribution in [0.15, 0.2) is 54.6 Å². The fourth-order valence-electron chi connectivity index (χ4n) is 1.97. The van der Waals surface area contributed by atoms with Crippen LogP contribution in [-0.2, 0) is 0 Å². The number of hydrogen-bond donors (Lipinski definition) is 2. The fourth-order valence-corrected chi connectivity index (χ4v) is 1.97. The lowest BCUT2D eigenvalue weighted by molar-refractivity contribution is 0.0991. The Kier molecular flexibility index (Phi) is 3.01. The zero-order chi connectivity index (χ0) is 13.9. The molecule has 0 saturated carbocycles. The first-order chi connectivity index (χ1) is 9.74. The molecule has 0 saturated heterocycles. The zero-order valence-corrected chi connectivity index (χ0v) is 10.6. The maximum absolute atomic E-state index is 11.0. The Morgan fingerprint density at radius 2 is 1.65 bits per heavy atom. The number of amides is 1. The van der Waals surface area contributed by atoms with Crippen molar-refractivity contribution in [3.63, 3.8) is 0 Å². The number of H-pyrrole nitrogens is 1. The third-order valence-electron chi connectivity index (χ3n) is 2.95. The summed E-state index contributed by atoms with van der Waals surface area (Å²) in [7, 11) is 0. The first-order valence-electron chi connectivity index (χ1n) is 6.12. The van der Waals surface area contributed by atoms with Gasteiger partial charge in [-0.2, -0.15) is 5.10 Å². The molecule has 0 fully saturated rings. The van der Waals surface area contributed by atoms with Gasteiger partial charge in [-0.1, -0.05) is 48.5 Å². The Morgan fingerprint density at radius 3 is 2.35 bits per heavy atom. The van der Waals surface area contributed by atoms with Gasteiger partial charge >= 0.3 is 0 Å². The van der Waals surface area contributed by atoms with Gasteiger partial charge in [-0.05, 0) is 17.2 Å². The predicted molar refractivity (Wildman–Crippen MR) is 75.8 cm³/mol. The minimum absolute atomic E-state index is 0.0603. The van der Waals surface area contributed by atoms with E-state index in [4.69, 9.17) is 5.73 Å². The van der Waals surface area contributed by atoms with Gasteiger partial charge in [0.2, 0.25) is 5.82 Å². The number of aromatic nitrogens is 3. The topological polar surface area (TPSA) is 84.7 Å². The van der Waals surface area contributed by atoms with E-state index in [1.165, 1.54) is 0 Å². The Labute approximate surface area is 115 Å². The number of hydrogen-bond acceptors (Lipinski definition) is 3. The molecule has 3 rings (SSSR count). The van der Waals surface area contributed by atoms with Crippen LogP contribution in [-0.4, -0.2) is 21.1 Å². The van der Waals surface area contributed by atoms with Crippen molar-refractivity contribution in [2.24, 2.45) is 5.73 Å². The summed E-state index contributed by atoms with van der Waals surface area (Å²) < 4.78 is 0. The molecular formula is C15H12N4O.